The van der Waals surface area contributed by atoms with Crippen LogP contribution in [0.4, 0.5) is 0 Å². The number of ether oxygens (including phenoxy) is 2. The second kappa shape index (κ2) is 12.0. The second-order valence-electron chi connectivity index (χ2n) is 7.74. The standard InChI is InChI=1S/C23H31BN2O5/c1-15-8-16(2)10-20(9-15)31-13-22(28)25-7-6-18(27)12-26-23(29)14-30-19-5-4-17(3)21(24)11-19/h4-5,8-11,18,27H,6-7,12-14,24H2,1-3H3,(H,25,28)(H,26,29). The molecule has 8 heteroatoms. The van der Waals surface area contributed by atoms with Crippen molar-refractivity contribution in [2.45, 2.75) is 33.3 Å². The molecule has 2 aromatic carbocycles. The van der Waals surface area contributed by atoms with Crippen LogP contribution in [0.25, 0.3) is 0 Å². The summed E-state index contributed by atoms with van der Waals surface area (Å²) >= 11 is 0. The lowest BCUT2D eigenvalue weighted by molar-refractivity contribution is -0.124. The average molecular weight is 426 g/mol. The van der Waals surface area contributed by atoms with Crippen LogP contribution in [0.5, 0.6) is 11.5 Å². The number of nitrogens with one attached hydrogen (secondary N) is 2. The Morgan fingerprint density at radius 2 is 1.55 bits per heavy atom. The average Bonchev–Trinajstić information content (AvgIpc) is 2.71. The van der Waals surface area contributed by atoms with Gasteiger partial charge in [0.2, 0.25) is 0 Å². The Morgan fingerprint density at radius 1 is 0.935 bits per heavy atom. The number of hydrogen-bond donors (Lipinski definition) is 3. The maximum atomic E-state index is 11.9. The first-order valence-electron chi connectivity index (χ1n) is 10.4. The number of hydrogen-bond acceptors (Lipinski definition) is 5. The molecule has 2 amide bonds. The van der Waals surface area contributed by atoms with Gasteiger partial charge in [0.25, 0.3) is 11.8 Å². The molecular formula is C23H31BN2O5. The topological polar surface area (TPSA) is 96.9 Å². The molecular weight excluding hydrogens is 395 g/mol. The summed E-state index contributed by atoms with van der Waals surface area (Å²) in [6.45, 7) is 6.10. The summed E-state index contributed by atoms with van der Waals surface area (Å²) < 4.78 is 11.0. The van der Waals surface area contributed by atoms with E-state index in [0.29, 0.717) is 17.9 Å². The number of amides is 2. The molecule has 7 nitrogen and oxygen atoms in total. The molecule has 3 N–H and O–H groups in total. The molecule has 0 saturated heterocycles. The largest absolute Gasteiger partial charge is 0.484 e. The molecule has 0 heterocycles. The number of rotatable bonds is 11. The molecule has 0 fully saturated rings. The van der Waals surface area contributed by atoms with Gasteiger partial charge in [-0.05, 0) is 62.6 Å². The number of carbonyl (C=O) groups excluding carboxylic acids is 2. The number of benzene rings is 2. The monoisotopic (exact) mass is 426 g/mol. The van der Waals surface area contributed by atoms with Gasteiger partial charge in [-0.15, -0.1) is 0 Å². The first kappa shape index (κ1) is 24.3. The Morgan fingerprint density at radius 3 is 2.19 bits per heavy atom. The minimum atomic E-state index is -0.772. The van der Waals surface area contributed by atoms with E-state index < -0.39 is 6.10 Å². The molecule has 0 aromatic heterocycles. The van der Waals surface area contributed by atoms with E-state index in [4.69, 9.17) is 9.47 Å². The van der Waals surface area contributed by atoms with E-state index in [9.17, 15) is 14.7 Å². The first-order chi connectivity index (χ1) is 14.7. The molecule has 31 heavy (non-hydrogen) atoms. The number of aliphatic hydroxyl groups is 1. The summed E-state index contributed by atoms with van der Waals surface area (Å²) in [5.74, 6) is 0.698. The number of carbonyl (C=O) groups is 2. The minimum absolute atomic E-state index is 0.0874. The van der Waals surface area contributed by atoms with Crippen molar-refractivity contribution in [2.24, 2.45) is 0 Å². The first-order valence-corrected chi connectivity index (χ1v) is 10.4. The molecule has 0 radical (unpaired) electrons. The molecule has 0 aliphatic rings. The van der Waals surface area contributed by atoms with Gasteiger partial charge < -0.3 is 25.2 Å². The summed E-state index contributed by atoms with van der Waals surface area (Å²) in [6, 6.07) is 11.4. The fourth-order valence-electron chi connectivity index (χ4n) is 2.93. The Kier molecular flexibility index (Phi) is 9.40. The summed E-state index contributed by atoms with van der Waals surface area (Å²) in [7, 11) is 1.98. The lowest BCUT2D eigenvalue weighted by atomic mass is 9.91. The maximum absolute atomic E-state index is 11.9. The molecule has 0 aliphatic carbocycles. The van der Waals surface area contributed by atoms with Gasteiger partial charge in [-0.1, -0.05) is 23.2 Å². The Bertz CT molecular complexity index is 883. The van der Waals surface area contributed by atoms with Crippen LogP contribution in [0.3, 0.4) is 0 Å². The highest BCUT2D eigenvalue weighted by atomic mass is 16.5. The normalized spacial score (nSPS) is 11.5. The van der Waals surface area contributed by atoms with Crippen LogP contribution in [-0.2, 0) is 9.59 Å². The Balaban J connectivity index is 1.58. The smallest absolute Gasteiger partial charge is 0.258 e. The number of aryl methyl sites for hydroxylation is 3. The highest BCUT2D eigenvalue weighted by Gasteiger charge is 2.10. The van der Waals surface area contributed by atoms with Crippen molar-refractivity contribution in [2.75, 3.05) is 26.3 Å². The van der Waals surface area contributed by atoms with Gasteiger partial charge in [-0.3, -0.25) is 9.59 Å². The molecule has 2 aromatic rings. The third-order valence-electron chi connectivity index (χ3n) is 4.75. The van der Waals surface area contributed by atoms with Gasteiger partial charge in [-0.2, -0.15) is 0 Å². The maximum Gasteiger partial charge on any atom is 0.258 e. The summed E-state index contributed by atoms with van der Waals surface area (Å²) in [5, 5.41) is 15.3. The van der Waals surface area contributed by atoms with Gasteiger partial charge in [0, 0.05) is 13.1 Å². The number of aliphatic hydroxyl groups excluding tert-OH is 1. The SMILES string of the molecule is Bc1cc(OCC(=O)NCC(O)CCNC(=O)COc2cc(C)cc(C)c2)ccc1C. The fraction of sp³-hybridized carbons (Fsp3) is 0.391. The van der Waals surface area contributed by atoms with Crippen molar-refractivity contribution in [3.8, 4) is 11.5 Å². The van der Waals surface area contributed by atoms with Crippen molar-refractivity contribution in [3.05, 3.63) is 53.1 Å². The second-order valence-corrected chi connectivity index (χ2v) is 7.74. The summed E-state index contributed by atoms with van der Waals surface area (Å²) in [5.41, 5.74) is 4.39. The molecule has 0 spiro atoms. The summed E-state index contributed by atoms with van der Waals surface area (Å²) in [6.07, 6.45) is -0.459. The molecule has 1 unspecified atom stereocenters. The lowest BCUT2D eigenvalue weighted by Gasteiger charge is -2.13. The van der Waals surface area contributed by atoms with Crippen LogP contribution in [0, 0.1) is 20.8 Å². The van der Waals surface area contributed by atoms with Crippen LogP contribution in [0.1, 0.15) is 23.1 Å². The molecule has 2 rings (SSSR count). The highest BCUT2D eigenvalue weighted by Crippen LogP contribution is 2.15. The zero-order valence-electron chi connectivity index (χ0n) is 18.7. The van der Waals surface area contributed by atoms with Crippen LogP contribution < -0.4 is 25.6 Å². The van der Waals surface area contributed by atoms with Gasteiger partial charge in [-0.25, -0.2) is 0 Å². The zero-order chi connectivity index (χ0) is 22.8. The van der Waals surface area contributed by atoms with Gasteiger partial charge in [0.1, 0.15) is 19.3 Å². The van der Waals surface area contributed by atoms with E-state index in [1.807, 2.05) is 65.0 Å². The van der Waals surface area contributed by atoms with Gasteiger partial charge in [0.05, 0.1) is 6.10 Å². The predicted octanol–water partition coefficient (Wildman–Crippen LogP) is 0.311. The van der Waals surface area contributed by atoms with Crippen LogP contribution in [-0.4, -0.2) is 57.2 Å². The van der Waals surface area contributed by atoms with Gasteiger partial charge in [0.15, 0.2) is 13.2 Å². The van der Waals surface area contributed by atoms with Crippen molar-refractivity contribution < 1.29 is 24.2 Å². The third-order valence-corrected chi connectivity index (χ3v) is 4.75. The summed E-state index contributed by atoms with van der Waals surface area (Å²) in [4.78, 5) is 23.8. The third kappa shape index (κ3) is 9.13. The van der Waals surface area contributed by atoms with Crippen LogP contribution in [0.2, 0.25) is 0 Å². The fourth-order valence-corrected chi connectivity index (χ4v) is 2.93. The van der Waals surface area contributed by atoms with Crippen molar-refractivity contribution in [1.82, 2.24) is 10.6 Å². The minimum Gasteiger partial charge on any atom is -0.484 e. The highest BCUT2D eigenvalue weighted by molar-refractivity contribution is 6.33. The van der Waals surface area contributed by atoms with E-state index in [1.165, 1.54) is 0 Å². The van der Waals surface area contributed by atoms with Crippen molar-refractivity contribution in [1.29, 1.82) is 0 Å². The van der Waals surface area contributed by atoms with Crippen LogP contribution >= 0.6 is 0 Å². The van der Waals surface area contributed by atoms with Crippen LogP contribution in [0.15, 0.2) is 36.4 Å². The molecule has 0 aliphatic heterocycles. The van der Waals surface area contributed by atoms with E-state index in [0.717, 1.165) is 22.2 Å². The van der Waals surface area contributed by atoms with Crippen molar-refractivity contribution in [3.63, 3.8) is 0 Å². The predicted molar refractivity (Wildman–Crippen MR) is 123 cm³/mol. The molecule has 1 atom stereocenters. The molecule has 0 saturated carbocycles. The molecule has 166 valence electrons. The zero-order valence-corrected chi connectivity index (χ0v) is 18.7. The molecule has 0 bridgehead atoms. The lowest BCUT2D eigenvalue weighted by Crippen LogP contribution is -2.37. The van der Waals surface area contributed by atoms with Gasteiger partial charge >= 0.3 is 0 Å². The van der Waals surface area contributed by atoms with E-state index >= 15 is 0 Å². The van der Waals surface area contributed by atoms with E-state index in [1.54, 1.807) is 0 Å². The Hall–Kier alpha value is -3.00. The Labute approximate surface area is 184 Å². The van der Waals surface area contributed by atoms with Crippen molar-refractivity contribution >= 4 is 25.1 Å². The van der Waals surface area contributed by atoms with E-state index in [-0.39, 0.29) is 38.1 Å². The quantitative estimate of drug-likeness (QED) is 0.450. The van der Waals surface area contributed by atoms with E-state index in [2.05, 4.69) is 10.6 Å².